The minimum absolute atomic E-state index is 0.271. The Kier molecular flexibility index (Phi) is 3.91. The lowest BCUT2D eigenvalue weighted by atomic mass is 10.1. The predicted octanol–water partition coefficient (Wildman–Crippen LogP) is 0.963. The molecule has 1 heterocycles. The molecule has 1 rings (SSSR count). The topological polar surface area (TPSA) is 58.2 Å². The minimum Gasteiger partial charge on any atom is -0.324 e. The molecular formula is C9H14N2O2. The highest BCUT2D eigenvalue weighted by atomic mass is 16.2. The monoisotopic (exact) mass is 182 g/mol. The van der Waals surface area contributed by atoms with Gasteiger partial charge in [-0.05, 0) is 13.8 Å². The quantitative estimate of drug-likeness (QED) is 0.469. The number of nitrogens with one attached hydrogen (secondary N) is 2. The van der Waals surface area contributed by atoms with E-state index < -0.39 is 11.6 Å². The van der Waals surface area contributed by atoms with Crippen molar-refractivity contribution in [2.24, 2.45) is 0 Å². The zero-order valence-corrected chi connectivity index (χ0v) is 7.89. The molecule has 0 radical (unpaired) electrons. The third-order valence-electron chi connectivity index (χ3n) is 1.39. The Morgan fingerprint density at radius 1 is 1.23 bits per heavy atom. The van der Waals surface area contributed by atoms with Crippen molar-refractivity contribution in [1.29, 1.82) is 0 Å². The second kappa shape index (κ2) is 4.45. The molecule has 0 aromatic carbocycles. The number of amides is 3. The highest BCUT2D eigenvalue weighted by Gasteiger charge is 2.36. The van der Waals surface area contributed by atoms with Crippen LogP contribution >= 0.6 is 0 Å². The summed E-state index contributed by atoms with van der Waals surface area (Å²) >= 11 is 0. The number of hydrogen-bond acceptors (Lipinski definition) is 2. The van der Waals surface area contributed by atoms with Gasteiger partial charge in [-0.2, -0.15) is 0 Å². The van der Waals surface area contributed by atoms with E-state index in [1.54, 1.807) is 26.0 Å². The lowest BCUT2D eigenvalue weighted by Crippen LogP contribution is -2.39. The largest absolute Gasteiger partial charge is 0.324 e. The van der Waals surface area contributed by atoms with Gasteiger partial charge in [-0.3, -0.25) is 10.1 Å². The van der Waals surface area contributed by atoms with Gasteiger partial charge in [-0.25, -0.2) is 4.79 Å². The van der Waals surface area contributed by atoms with Gasteiger partial charge in [0.25, 0.3) is 5.91 Å². The molecule has 4 heteroatoms. The van der Waals surface area contributed by atoms with E-state index in [-0.39, 0.29) is 5.91 Å². The average molecular weight is 182 g/mol. The van der Waals surface area contributed by atoms with Crippen LogP contribution in [-0.2, 0) is 4.79 Å². The van der Waals surface area contributed by atoms with E-state index in [9.17, 15) is 9.59 Å². The van der Waals surface area contributed by atoms with Gasteiger partial charge in [0, 0.05) is 0 Å². The van der Waals surface area contributed by atoms with Crippen molar-refractivity contribution in [1.82, 2.24) is 10.6 Å². The first-order chi connectivity index (χ1) is 5.94. The fourth-order valence-corrected chi connectivity index (χ4v) is 0.631. The number of hydrogen-bond donors (Lipinski definition) is 2. The minimum atomic E-state index is -0.725. The standard InChI is InChI=1S/C5H8N2O2.C4H6/c1-5(2)3(8)6-4(9)7-5;1-3-4-2/h1-2H3,(H2,6,7,8,9);3-4H,1-2H2. The molecule has 1 aliphatic rings. The lowest BCUT2D eigenvalue weighted by molar-refractivity contribution is -0.122. The molecule has 0 saturated carbocycles. The second-order valence-corrected chi connectivity index (χ2v) is 3.00. The van der Waals surface area contributed by atoms with E-state index in [4.69, 9.17) is 0 Å². The molecule has 1 aliphatic heterocycles. The molecule has 1 fully saturated rings. The molecule has 0 unspecified atom stereocenters. The molecule has 4 nitrogen and oxygen atoms in total. The van der Waals surface area contributed by atoms with Gasteiger partial charge in [0.2, 0.25) is 0 Å². The van der Waals surface area contributed by atoms with E-state index in [0.29, 0.717) is 0 Å². The summed E-state index contributed by atoms with van der Waals surface area (Å²) in [5.74, 6) is -0.271. The summed E-state index contributed by atoms with van der Waals surface area (Å²) in [5, 5.41) is 4.56. The molecule has 0 atom stereocenters. The lowest BCUT2D eigenvalue weighted by Gasteiger charge is -2.11. The Hall–Kier alpha value is -1.58. The van der Waals surface area contributed by atoms with E-state index in [1.807, 2.05) is 0 Å². The fraction of sp³-hybridized carbons (Fsp3) is 0.333. The van der Waals surface area contributed by atoms with Crippen LogP contribution < -0.4 is 10.6 Å². The number of urea groups is 1. The molecule has 0 bridgehead atoms. The molecule has 0 spiro atoms. The smallest absolute Gasteiger partial charge is 0.322 e. The molecule has 13 heavy (non-hydrogen) atoms. The van der Waals surface area contributed by atoms with E-state index in [0.717, 1.165) is 0 Å². The van der Waals surface area contributed by atoms with Crippen molar-refractivity contribution in [3.8, 4) is 0 Å². The van der Waals surface area contributed by atoms with Crippen LogP contribution in [-0.4, -0.2) is 17.5 Å². The van der Waals surface area contributed by atoms with Crippen LogP contribution in [0.25, 0.3) is 0 Å². The van der Waals surface area contributed by atoms with E-state index >= 15 is 0 Å². The second-order valence-electron chi connectivity index (χ2n) is 3.00. The van der Waals surface area contributed by atoms with Gasteiger partial charge in [-0.1, -0.05) is 25.3 Å². The number of carbonyl (C=O) groups is 2. The van der Waals surface area contributed by atoms with Crippen LogP contribution in [0.2, 0.25) is 0 Å². The maximum Gasteiger partial charge on any atom is 0.322 e. The van der Waals surface area contributed by atoms with Gasteiger partial charge in [0.05, 0.1) is 0 Å². The summed E-state index contributed by atoms with van der Waals surface area (Å²) in [6.45, 7) is 10.0. The number of carbonyl (C=O) groups excluding carboxylic acids is 2. The van der Waals surface area contributed by atoms with Crippen LogP contribution in [0, 0.1) is 0 Å². The van der Waals surface area contributed by atoms with E-state index in [2.05, 4.69) is 23.8 Å². The van der Waals surface area contributed by atoms with Gasteiger partial charge >= 0.3 is 6.03 Å². The third-order valence-corrected chi connectivity index (χ3v) is 1.39. The highest BCUT2D eigenvalue weighted by molar-refractivity contribution is 6.06. The summed E-state index contributed by atoms with van der Waals surface area (Å²) in [6, 6.07) is -0.412. The fourth-order valence-electron chi connectivity index (χ4n) is 0.631. The Balaban J connectivity index is 0.000000310. The molecule has 2 N–H and O–H groups in total. The molecule has 0 aliphatic carbocycles. The van der Waals surface area contributed by atoms with Crippen LogP contribution in [0.3, 0.4) is 0 Å². The Labute approximate surface area is 77.7 Å². The number of rotatable bonds is 1. The summed E-state index contributed by atoms with van der Waals surface area (Å²) in [5.41, 5.74) is -0.725. The van der Waals surface area contributed by atoms with Crippen molar-refractivity contribution >= 4 is 11.9 Å². The SMILES string of the molecule is C=CC=C.CC1(C)NC(=O)NC1=O. The number of imide groups is 1. The molecule has 1 saturated heterocycles. The summed E-state index contributed by atoms with van der Waals surface area (Å²) < 4.78 is 0. The molecule has 3 amide bonds. The van der Waals surface area contributed by atoms with Crippen LogP contribution in [0.4, 0.5) is 4.79 Å². The van der Waals surface area contributed by atoms with Gasteiger partial charge in [-0.15, -0.1) is 0 Å². The molecule has 72 valence electrons. The predicted molar refractivity (Wildman–Crippen MR) is 51.1 cm³/mol. The van der Waals surface area contributed by atoms with Gasteiger partial charge in [0.1, 0.15) is 5.54 Å². The van der Waals surface area contributed by atoms with Crippen LogP contribution in [0.15, 0.2) is 25.3 Å². The molecule has 0 aromatic heterocycles. The normalized spacial score (nSPS) is 17.7. The summed E-state index contributed by atoms with van der Waals surface area (Å²) in [7, 11) is 0. The zero-order chi connectivity index (χ0) is 10.5. The summed E-state index contributed by atoms with van der Waals surface area (Å²) in [4.78, 5) is 21.1. The molecule has 0 aromatic rings. The highest BCUT2D eigenvalue weighted by Crippen LogP contribution is 2.05. The van der Waals surface area contributed by atoms with Gasteiger partial charge in [0.15, 0.2) is 0 Å². The first-order valence-electron chi connectivity index (χ1n) is 3.81. The summed E-state index contributed by atoms with van der Waals surface area (Å²) in [6.07, 6.45) is 3.28. The van der Waals surface area contributed by atoms with Crippen molar-refractivity contribution < 1.29 is 9.59 Å². The average Bonchev–Trinajstić information content (AvgIpc) is 2.25. The Morgan fingerprint density at radius 3 is 1.77 bits per heavy atom. The number of allylic oxidation sites excluding steroid dienone is 2. The van der Waals surface area contributed by atoms with Crippen LogP contribution in [0.1, 0.15) is 13.8 Å². The third kappa shape index (κ3) is 3.55. The maximum atomic E-state index is 10.7. The zero-order valence-electron chi connectivity index (χ0n) is 7.89. The Bertz CT molecular complexity index is 238. The Morgan fingerprint density at radius 2 is 1.69 bits per heavy atom. The van der Waals surface area contributed by atoms with Crippen molar-refractivity contribution in [2.75, 3.05) is 0 Å². The first kappa shape index (κ1) is 11.4. The van der Waals surface area contributed by atoms with Crippen molar-refractivity contribution in [3.05, 3.63) is 25.3 Å². The van der Waals surface area contributed by atoms with Crippen molar-refractivity contribution in [2.45, 2.75) is 19.4 Å². The molecular weight excluding hydrogens is 168 g/mol. The van der Waals surface area contributed by atoms with Crippen LogP contribution in [0.5, 0.6) is 0 Å². The first-order valence-corrected chi connectivity index (χ1v) is 3.81. The van der Waals surface area contributed by atoms with Crippen molar-refractivity contribution in [3.63, 3.8) is 0 Å². The van der Waals surface area contributed by atoms with Gasteiger partial charge < -0.3 is 5.32 Å². The maximum absolute atomic E-state index is 10.7. The van der Waals surface area contributed by atoms with E-state index in [1.165, 1.54) is 0 Å².